The van der Waals surface area contributed by atoms with E-state index in [0.717, 1.165) is 6.07 Å². The molecule has 1 heterocycles. The van der Waals surface area contributed by atoms with Gasteiger partial charge in [-0.25, -0.2) is 4.98 Å². The summed E-state index contributed by atoms with van der Waals surface area (Å²) < 4.78 is 38.1. The van der Waals surface area contributed by atoms with Crippen molar-refractivity contribution in [3.05, 3.63) is 52.8 Å². The molecule has 1 amide bonds. The maximum atomic E-state index is 12.7. The Morgan fingerprint density at radius 3 is 2.62 bits per heavy atom. The second-order valence-electron chi connectivity index (χ2n) is 4.02. The largest absolute Gasteiger partial charge is 0.505 e. The van der Waals surface area contributed by atoms with Crippen LogP contribution in [0.25, 0.3) is 0 Å². The van der Waals surface area contributed by atoms with Crippen LogP contribution >= 0.6 is 11.6 Å². The molecule has 0 saturated carbocycles. The number of nitrogens with one attached hydrogen (secondary N) is 1. The van der Waals surface area contributed by atoms with Gasteiger partial charge in [0.1, 0.15) is 5.75 Å². The number of pyridine rings is 1. The Hall–Kier alpha value is -2.28. The van der Waals surface area contributed by atoms with Crippen molar-refractivity contribution in [2.24, 2.45) is 0 Å². The summed E-state index contributed by atoms with van der Waals surface area (Å²) in [4.78, 5) is 15.5. The van der Waals surface area contributed by atoms with Gasteiger partial charge in [0.25, 0.3) is 5.91 Å². The van der Waals surface area contributed by atoms with Crippen LogP contribution in [0.5, 0.6) is 5.75 Å². The third kappa shape index (κ3) is 3.43. The number of amides is 1. The van der Waals surface area contributed by atoms with Gasteiger partial charge in [-0.1, -0.05) is 11.6 Å². The van der Waals surface area contributed by atoms with Crippen molar-refractivity contribution in [1.82, 2.24) is 4.98 Å². The van der Waals surface area contributed by atoms with Gasteiger partial charge >= 0.3 is 6.18 Å². The summed E-state index contributed by atoms with van der Waals surface area (Å²) in [6.45, 7) is 0. The smallest absolute Gasteiger partial charge is 0.417 e. The minimum absolute atomic E-state index is 0.109. The van der Waals surface area contributed by atoms with Crippen LogP contribution in [0.3, 0.4) is 0 Å². The number of halogens is 4. The zero-order valence-electron chi connectivity index (χ0n) is 10.3. The van der Waals surface area contributed by atoms with Crippen molar-refractivity contribution in [3.8, 4) is 5.75 Å². The molecule has 0 saturated heterocycles. The van der Waals surface area contributed by atoms with E-state index in [9.17, 15) is 23.1 Å². The first-order valence-corrected chi connectivity index (χ1v) is 5.99. The molecule has 0 aliphatic carbocycles. The highest BCUT2D eigenvalue weighted by Gasteiger charge is 2.33. The van der Waals surface area contributed by atoms with Crippen LogP contribution in [0.15, 0.2) is 36.5 Å². The first-order valence-electron chi connectivity index (χ1n) is 5.61. The number of anilines is 1. The van der Waals surface area contributed by atoms with E-state index in [-0.39, 0.29) is 17.1 Å². The lowest BCUT2D eigenvalue weighted by atomic mass is 10.2. The summed E-state index contributed by atoms with van der Waals surface area (Å²) in [5.74, 6) is -1.21. The molecule has 0 radical (unpaired) electrons. The number of hydrogen-bond donors (Lipinski definition) is 2. The molecular weight excluding hydrogens is 309 g/mol. The van der Waals surface area contributed by atoms with Crippen molar-refractivity contribution >= 4 is 23.2 Å². The Morgan fingerprint density at radius 1 is 1.29 bits per heavy atom. The summed E-state index contributed by atoms with van der Waals surface area (Å²) in [7, 11) is 0. The summed E-state index contributed by atoms with van der Waals surface area (Å²) in [5, 5.41) is 11.2. The van der Waals surface area contributed by atoms with Crippen LogP contribution in [-0.4, -0.2) is 16.0 Å². The fourth-order valence-corrected chi connectivity index (χ4v) is 1.81. The van der Waals surface area contributed by atoms with E-state index in [0.29, 0.717) is 6.07 Å². The van der Waals surface area contributed by atoms with Gasteiger partial charge in [-0.05, 0) is 30.3 Å². The minimum atomic E-state index is -4.63. The fraction of sp³-hybridized carbons (Fsp3) is 0.0769. The lowest BCUT2D eigenvalue weighted by Gasteiger charge is -2.11. The number of alkyl halides is 3. The SMILES string of the molecule is O=C(Nc1ccc(Cl)c(C(F)(F)F)c1)c1ncccc1O. The quantitative estimate of drug-likeness (QED) is 0.887. The zero-order valence-corrected chi connectivity index (χ0v) is 11.0. The van der Waals surface area contributed by atoms with Crippen molar-refractivity contribution in [2.75, 3.05) is 5.32 Å². The van der Waals surface area contributed by atoms with Gasteiger partial charge in [-0.3, -0.25) is 4.79 Å². The molecule has 1 aromatic carbocycles. The van der Waals surface area contributed by atoms with Crippen LogP contribution < -0.4 is 5.32 Å². The van der Waals surface area contributed by atoms with Crippen molar-refractivity contribution in [2.45, 2.75) is 6.18 Å². The average Bonchev–Trinajstić information content (AvgIpc) is 2.40. The Kier molecular flexibility index (Phi) is 4.04. The van der Waals surface area contributed by atoms with Crippen LogP contribution in [-0.2, 0) is 6.18 Å². The lowest BCUT2D eigenvalue weighted by molar-refractivity contribution is -0.137. The van der Waals surface area contributed by atoms with Crippen molar-refractivity contribution in [3.63, 3.8) is 0 Å². The predicted molar refractivity (Wildman–Crippen MR) is 70.3 cm³/mol. The molecule has 0 aliphatic heterocycles. The number of carbonyl (C=O) groups is 1. The van der Waals surface area contributed by atoms with E-state index in [4.69, 9.17) is 11.6 Å². The normalized spacial score (nSPS) is 11.2. The van der Waals surface area contributed by atoms with Crippen LogP contribution in [0.2, 0.25) is 5.02 Å². The Bertz CT molecular complexity index is 689. The molecular formula is C13H8ClF3N2O2. The summed E-state index contributed by atoms with van der Waals surface area (Å²) in [6, 6.07) is 5.61. The third-order valence-corrected chi connectivity index (χ3v) is 2.86. The summed E-state index contributed by atoms with van der Waals surface area (Å²) >= 11 is 5.47. The molecule has 1 aromatic heterocycles. The number of rotatable bonds is 2. The maximum absolute atomic E-state index is 12.7. The van der Waals surface area contributed by atoms with Crippen LogP contribution in [0, 0.1) is 0 Å². The van der Waals surface area contributed by atoms with Gasteiger partial charge in [0, 0.05) is 11.9 Å². The van der Waals surface area contributed by atoms with E-state index in [1.807, 2.05) is 0 Å². The Balaban J connectivity index is 2.29. The van der Waals surface area contributed by atoms with E-state index in [2.05, 4.69) is 10.3 Å². The van der Waals surface area contributed by atoms with E-state index < -0.39 is 22.7 Å². The number of hydrogen-bond acceptors (Lipinski definition) is 3. The molecule has 0 spiro atoms. The molecule has 0 unspecified atom stereocenters. The highest BCUT2D eigenvalue weighted by Crippen LogP contribution is 2.36. The molecule has 21 heavy (non-hydrogen) atoms. The van der Waals surface area contributed by atoms with Gasteiger partial charge in [0.2, 0.25) is 0 Å². The maximum Gasteiger partial charge on any atom is 0.417 e. The van der Waals surface area contributed by atoms with E-state index >= 15 is 0 Å². The van der Waals surface area contributed by atoms with Gasteiger partial charge in [0.05, 0.1) is 10.6 Å². The van der Waals surface area contributed by atoms with E-state index in [1.54, 1.807) is 0 Å². The summed E-state index contributed by atoms with van der Waals surface area (Å²) in [5.41, 5.74) is -1.46. The van der Waals surface area contributed by atoms with Crippen molar-refractivity contribution < 1.29 is 23.1 Å². The van der Waals surface area contributed by atoms with Gasteiger partial charge in [0.15, 0.2) is 5.69 Å². The average molecular weight is 317 g/mol. The number of aromatic hydroxyl groups is 1. The zero-order chi connectivity index (χ0) is 15.6. The number of nitrogens with zero attached hydrogens (tertiary/aromatic N) is 1. The second-order valence-corrected chi connectivity index (χ2v) is 4.42. The molecule has 4 nitrogen and oxygen atoms in total. The molecule has 0 atom stereocenters. The highest BCUT2D eigenvalue weighted by atomic mass is 35.5. The first-order chi connectivity index (χ1) is 9.79. The second kappa shape index (κ2) is 5.61. The third-order valence-electron chi connectivity index (χ3n) is 2.53. The Morgan fingerprint density at radius 2 is 2.00 bits per heavy atom. The van der Waals surface area contributed by atoms with Crippen molar-refractivity contribution in [1.29, 1.82) is 0 Å². The summed E-state index contributed by atoms with van der Waals surface area (Å²) in [6.07, 6.45) is -3.36. The van der Waals surface area contributed by atoms with Gasteiger partial charge in [-0.2, -0.15) is 13.2 Å². The first kappa shape index (κ1) is 15.1. The standard InChI is InChI=1S/C13H8ClF3N2O2/c14-9-4-3-7(6-8(9)13(15,16)17)19-12(21)11-10(20)2-1-5-18-11/h1-6,20H,(H,19,21). The molecule has 0 fully saturated rings. The fourth-order valence-electron chi connectivity index (χ4n) is 1.58. The Labute approximate surface area is 122 Å². The number of aromatic nitrogens is 1. The molecule has 110 valence electrons. The molecule has 0 aliphatic rings. The lowest BCUT2D eigenvalue weighted by Crippen LogP contribution is -2.15. The minimum Gasteiger partial charge on any atom is -0.505 e. The number of carbonyl (C=O) groups excluding carboxylic acids is 1. The van der Waals surface area contributed by atoms with E-state index in [1.165, 1.54) is 24.4 Å². The van der Waals surface area contributed by atoms with Crippen LogP contribution in [0.1, 0.15) is 16.1 Å². The molecule has 2 N–H and O–H groups in total. The molecule has 2 rings (SSSR count). The van der Waals surface area contributed by atoms with Gasteiger partial charge < -0.3 is 10.4 Å². The van der Waals surface area contributed by atoms with Gasteiger partial charge in [-0.15, -0.1) is 0 Å². The number of benzene rings is 1. The molecule has 8 heteroatoms. The highest BCUT2D eigenvalue weighted by molar-refractivity contribution is 6.31. The molecule has 0 bridgehead atoms. The monoisotopic (exact) mass is 316 g/mol. The van der Waals surface area contributed by atoms with Crippen LogP contribution in [0.4, 0.5) is 18.9 Å². The topological polar surface area (TPSA) is 62.2 Å². The molecule has 2 aromatic rings. The predicted octanol–water partition coefficient (Wildman–Crippen LogP) is 3.71.